The summed E-state index contributed by atoms with van der Waals surface area (Å²) in [6.07, 6.45) is 2.41. The summed E-state index contributed by atoms with van der Waals surface area (Å²) in [4.78, 5) is 16.7. The molecule has 2 heterocycles. The van der Waals surface area contributed by atoms with Gasteiger partial charge in [-0.05, 0) is 43.5 Å². The van der Waals surface area contributed by atoms with Crippen molar-refractivity contribution >= 4 is 17.4 Å². The minimum atomic E-state index is -0.265. The Hall–Kier alpha value is -2.63. The van der Waals surface area contributed by atoms with Crippen molar-refractivity contribution in [2.45, 2.75) is 32.2 Å². The van der Waals surface area contributed by atoms with E-state index in [4.69, 9.17) is 4.74 Å². The van der Waals surface area contributed by atoms with Crippen LogP contribution in [0, 0.1) is 11.7 Å². The number of aromatic nitrogens is 1. The first-order valence-electron chi connectivity index (χ1n) is 8.57. The number of nitrogens with zero attached hydrogens (tertiary/aromatic N) is 1. The van der Waals surface area contributed by atoms with Crippen LogP contribution in [-0.2, 0) is 11.2 Å². The molecule has 6 heteroatoms. The number of ether oxygens (including phenoxy) is 1. The fraction of sp³-hybridized carbons (Fsp3) is 0.368. The largest absolute Gasteiger partial charge is 0.474 e. The maximum Gasteiger partial charge on any atom is 0.239 e. The van der Waals surface area contributed by atoms with Gasteiger partial charge >= 0.3 is 0 Å². The Balaban J connectivity index is 1.66. The molecule has 2 aromatic rings. The standard InChI is InChI=1S/C19H20FN3O2/c1-11-10-25-19-16(21-11)9-14(8-12-2-6-15(20)7-3-12)17(23-19)22-18(24)13-4-5-13/h2-3,6-7,9,11,13,21H,4-5,8,10H2,1H3,(H,22,23,24)/t11-/m0/s1. The van der Waals surface area contributed by atoms with Gasteiger partial charge in [0.2, 0.25) is 11.8 Å². The van der Waals surface area contributed by atoms with Crippen molar-refractivity contribution in [3.8, 4) is 5.88 Å². The van der Waals surface area contributed by atoms with Crippen LogP contribution in [0.4, 0.5) is 15.9 Å². The van der Waals surface area contributed by atoms with Crippen LogP contribution in [0.15, 0.2) is 30.3 Å². The number of amides is 1. The molecule has 1 saturated carbocycles. The van der Waals surface area contributed by atoms with Crippen molar-refractivity contribution in [3.63, 3.8) is 0 Å². The molecule has 0 radical (unpaired) electrons. The summed E-state index contributed by atoms with van der Waals surface area (Å²) < 4.78 is 18.8. The number of anilines is 2. The van der Waals surface area contributed by atoms with E-state index in [1.165, 1.54) is 12.1 Å². The highest BCUT2D eigenvalue weighted by atomic mass is 19.1. The van der Waals surface area contributed by atoms with Crippen molar-refractivity contribution in [1.29, 1.82) is 0 Å². The fourth-order valence-electron chi connectivity index (χ4n) is 2.89. The topological polar surface area (TPSA) is 63.2 Å². The number of hydrogen-bond acceptors (Lipinski definition) is 4. The molecule has 0 bridgehead atoms. The van der Waals surface area contributed by atoms with Gasteiger partial charge in [0.05, 0.1) is 11.7 Å². The molecule has 4 rings (SSSR count). The molecular weight excluding hydrogens is 321 g/mol. The van der Waals surface area contributed by atoms with Gasteiger partial charge in [0.25, 0.3) is 0 Å². The third kappa shape index (κ3) is 3.57. The summed E-state index contributed by atoms with van der Waals surface area (Å²) in [7, 11) is 0. The molecular formula is C19H20FN3O2. The molecule has 0 unspecified atom stereocenters. The van der Waals surface area contributed by atoms with E-state index >= 15 is 0 Å². The smallest absolute Gasteiger partial charge is 0.239 e. The molecule has 1 aliphatic heterocycles. The van der Waals surface area contributed by atoms with E-state index in [0.29, 0.717) is 24.7 Å². The number of benzene rings is 1. The number of rotatable bonds is 4. The second kappa shape index (κ2) is 6.35. The van der Waals surface area contributed by atoms with Gasteiger partial charge in [0, 0.05) is 17.9 Å². The van der Waals surface area contributed by atoms with Crippen LogP contribution in [0.2, 0.25) is 0 Å². The van der Waals surface area contributed by atoms with Gasteiger partial charge in [-0.25, -0.2) is 4.39 Å². The van der Waals surface area contributed by atoms with E-state index in [2.05, 4.69) is 15.6 Å². The quantitative estimate of drug-likeness (QED) is 0.895. The van der Waals surface area contributed by atoms with Gasteiger partial charge in [0.15, 0.2) is 0 Å². The first kappa shape index (κ1) is 15.9. The zero-order valence-electron chi connectivity index (χ0n) is 14.0. The van der Waals surface area contributed by atoms with Crippen molar-refractivity contribution in [2.24, 2.45) is 5.92 Å². The molecule has 0 spiro atoms. The molecule has 1 aliphatic carbocycles. The molecule has 0 saturated heterocycles. The van der Waals surface area contributed by atoms with E-state index in [9.17, 15) is 9.18 Å². The second-order valence-corrected chi connectivity index (χ2v) is 6.77. The van der Waals surface area contributed by atoms with Crippen LogP contribution < -0.4 is 15.4 Å². The van der Waals surface area contributed by atoms with Crippen molar-refractivity contribution in [1.82, 2.24) is 4.98 Å². The summed E-state index contributed by atoms with van der Waals surface area (Å²) in [6, 6.07) is 8.52. The number of fused-ring (bicyclic) bond motifs is 1. The number of carbonyl (C=O) groups is 1. The number of halogens is 1. The summed E-state index contributed by atoms with van der Waals surface area (Å²) in [6.45, 7) is 2.57. The molecule has 5 nitrogen and oxygen atoms in total. The van der Waals surface area contributed by atoms with Crippen molar-refractivity contribution in [3.05, 3.63) is 47.3 Å². The fourth-order valence-corrected chi connectivity index (χ4v) is 2.89. The first-order chi connectivity index (χ1) is 12.1. The molecule has 130 valence electrons. The maximum atomic E-state index is 13.1. The predicted molar refractivity (Wildman–Crippen MR) is 93.4 cm³/mol. The molecule has 2 aliphatic rings. The van der Waals surface area contributed by atoms with Gasteiger partial charge in [-0.15, -0.1) is 0 Å². The van der Waals surface area contributed by atoms with Crippen LogP contribution in [0.3, 0.4) is 0 Å². The first-order valence-corrected chi connectivity index (χ1v) is 8.57. The van der Waals surface area contributed by atoms with E-state index in [-0.39, 0.29) is 23.7 Å². The molecule has 1 aromatic carbocycles. The molecule has 2 N–H and O–H groups in total. The minimum absolute atomic E-state index is 0.00458. The highest BCUT2D eigenvalue weighted by Crippen LogP contribution is 2.34. The number of carbonyl (C=O) groups excluding carboxylic acids is 1. The summed E-state index contributed by atoms with van der Waals surface area (Å²) in [5, 5.41) is 6.28. The zero-order chi connectivity index (χ0) is 17.4. The Bertz CT molecular complexity index is 803. The van der Waals surface area contributed by atoms with Crippen LogP contribution in [0.25, 0.3) is 0 Å². The Morgan fingerprint density at radius 2 is 2.12 bits per heavy atom. The van der Waals surface area contributed by atoms with E-state index < -0.39 is 0 Å². The van der Waals surface area contributed by atoms with E-state index in [1.54, 1.807) is 12.1 Å². The van der Waals surface area contributed by atoms with Crippen LogP contribution in [0.1, 0.15) is 30.9 Å². The molecule has 1 atom stereocenters. The van der Waals surface area contributed by atoms with Crippen molar-refractivity contribution < 1.29 is 13.9 Å². The lowest BCUT2D eigenvalue weighted by Gasteiger charge is -2.25. The molecule has 1 amide bonds. The van der Waals surface area contributed by atoms with Crippen LogP contribution in [-0.4, -0.2) is 23.5 Å². The van der Waals surface area contributed by atoms with Crippen molar-refractivity contribution in [2.75, 3.05) is 17.2 Å². The Labute approximate surface area is 145 Å². The number of nitrogens with one attached hydrogen (secondary N) is 2. The Morgan fingerprint density at radius 3 is 2.84 bits per heavy atom. The molecule has 25 heavy (non-hydrogen) atoms. The Kier molecular flexibility index (Phi) is 4.03. The van der Waals surface area contributed by atoms with E-state index in [1.807, 2.05) is 13.0 Å². The summed E-state index contributed by atoms with van der Waals surface area (Å²) in [5.41, 5.74) is 2.65. The SMILES string of the molecule is C[C@H]1COc2nc(NC(=O)C3CC3)c(Cc3ccc(F)cc3)cc2N1. The van der Waals surface area contributed by atoms with E-state index in [0.717, 1.165) is 29.7 Å². The number of pyridine rings is 1. The average Bonchev–Trinajstić information content (AvgIpc) is 3.42. The van der Waals surface area contributed by atoms with Gasteiger partial charge in [-0.2, -0.15) is 4.98 Å². The summed E-state index contributed by atoms with van der Waals surface area (Å²) in [5.74, 6) is 0.863. The average molecular weight is 341 g/mol. The van der Waals surface area contributed by atoms with Gasteiger partial charge in [0.1, 0.15) is 18.2 Å². The normalized spacial score (nSPS) is 18.7. The van der Waals surface area contributed by atoms with Crippen LogP contribution in [0.5, 0.6) is 5.88 Å². The molecule has 1 aromatic heterocycles. The van der Waals surface area contributed by atoms with Crippen LogP contribution >= 0.6 is 0 Å². The number of hydrogen-bond donors (Lipinski definition) is 2. The molecule has 1 fully saturated rings. The minimum Gasteiger partial charge on any atom is -0.474 e. The van der Waals surface area contributed by atoms with Gasteiger partial charge < -0.3 is 15.4 Å². The third-order valence-corrected chi connectivity index (χ3v) is 4.44. The highest BCUT2D eigenvalue weighted by Gasteiger charge is 2.31. The third-order valence-electron chi connectivity index (χ3n) is 4.44. The van der Waals surface area contributed by atoms with Gasteiger partial charge in [-0.1, -0.05) is 12.1 Å². The zero-order valence-corrected chi connectivity index (χ0v) is 14.0. The lowest BCUT2D eigenvalue weighted by atomic mass is 10.0. The summed E-state index contributed by atoms with van der Waals surface area (Å²) >= 11 is 0. The lowest BCUT2D eigenvalue weighted by Crippen LogP contribution is -2.29. The predicted octanol–water partition coefficient (Wildman–Crippen LogP) is 3.35. The maximum absolute atomic E-state index is 13.1. The van der Waals surface area contributed by atoms with Gasteiger partial charge in [-0.3, -0.25) is 4.79 Å². The highest BCUT2D eigenvalue weighted by molar-refractivity contribution is 5.94. The monoisotopic (exact) mass is 341 g/mol. The Morgan fingerprint density at radius 1 is 1.36 bits per heavy atom. The lowest BCUT2D eigenvalue weighted by molar-refractivity contribution is -0.117. The second-order valence-electron chi connectivity index (χ2n) is 6.77.